The van der Waals surface area contributed by atoms with Crippen molar-refractivity contribution in [2.24, 2.45) is 0 Å². The van der Waals surface area contributed by atoms with Gasteiger partial charge in [0.25, 0.3) is 0 Å². The van der Waals surface area contributed by atoms with Gasteiger partial charge in [-0.25, -0.2) is 0 Å². The molecule has 0 bridgehead atoms. The summed E-state index contributed by atoms with van der Waals surface area (Å²) < 4.78 is 7.44. The Labute approximate surface area is 124 Å². The number of hydrogen-bond donors (Lipinski definition) is 1. The van der Waals surface area contributed by atoms with Crippen LogP contribution in [0.25, 0.3) is 0 Å². The first kappa shape index (κ1) is 15.1. The zero-order valence-electron chi connectivity index (χ0n) is 12.6. The maximum atomic E-state index is 5.44. The van der Waals surface area contributed by atoms with Gasteiger partial charge in [-0.1, -0.05) is 6.92 Å². The lowest BCUT2D eigenvalue weighted by atomic mass is 10.1. The van der Waals surface area contributed by atoms with Gasteiger partial charge in [-0.2, -0.15) is 5.10 Å². The van der Waals surface area contributed by atoms with E-state index in [1.165, 1.54) is 4.88 Å². The Morgan fingerprint density at radius 3 is 2.80 bits per heavy atom. The molecular weight excluding hydrogens is 270 g/mol. The van der Waals surface area contributed by atoms with Gasteiger partial charge in [-0.3, -0.25) is 4.68 Å². The number of nitrogens with zero attached hydrogens (tertiary/aromatic N) is 2. The minimum Gasteiger partial charge on any atom is -0.496 e. The molecule has 0 spiro atoms. The maximum absolute atomic E-state index is 5.44. The number of thiophene rings is 1. The van der Waals surface area contributed by atoms with Gasteiger partial charge in [0, 0.05) is 18.7 Å². The minimum absolute atomic E-state index is 0.255. The Kier molecular flexibility index (Phi) is 5.20. The Morgan fingerprint density at radius 2 is 2.20 bits per heavy atom. The van der Waals surface area contributed by atoms with Crippen molar-refractivity contribution in [2.75, 3.05) is 13.7 Å². The molecule has 0 aliphatic heterocycles. The first-order chi connectivity index (χ1) is 9.65. The summed E-state index contributed by atoms with van der Waals surface area (Å²) >= 11 is 1.73. The van der Waals surface area contributed by atoms with Crippen molar-refractivity contribution in [1.82, 2.24) is 15.1 Å². The zero-order chi connectivity index (χ0) is 14.5. The largest absolute Gasteiger partial charge is 0.496 e. The predicted molar refractivity (Wildman–Crippen MR) is 83.6 cm³/mol. The predicted octanol–water partition coefficient (Wildman–Crippen LogP) is 3.43. The molecular formula is C15H23N3OS. The fourth-order valence-electron chi connectivity index (χ4n) is 2.22. The third-order valence-corrected chi connectivity index (χ3v) is 4.26. The van der Waals surface area contributed by atoms with Crippen LogP contribution in [0.3, 0.4) is 0 Å². The van der Waals surface area contributed by atoms with E-state index in [2.05, 4.69) is 48.8 Å². The lowest BCUT2D eigenvalue weighted by Gasteiger charge is -2.17. The second-order valence-corrected chi connectivity index (χ2v) is 6.00. The highest BCUT2D eigenvalue weighted by molar-refractivity contribution is 7.10. The molecule has 2 aromatic heterocycles. The molecule has 2 heterocycles. The molecule has 0 fully saturated rings. The smallest absolute Gasteiger partial charge is 0.134 e. The van der Waals surface area contributed by atoms with Crippen molar-refractivity contribution in [2.45, 2.75) is 39.3 Å². The molecule has 2 aromatic rings. The zero-order valence-corrected chi connectivity index (χ0v) is 13.4. The minimum atomic E-state index is 0.255. The summed E-state index contributed by atoms with van der Waals surface area (Å²) in [5.41, 5.74) is 1.11. The number of hydrogen-bond acceptors (Lipinski definition) is 4. The summed E-state index contributed by atoms with van der Waals surface area (Å²) in [5.74, 6) is 0.962. The van der Waals surface area contributed by atoms with Crippen LogP contribution in [0.1, 0.15) is 43.4 Å². The fraction of sp³-hybridized carbons (Fsp3) is 0.533. The summed E-state index contributed by atoms with van der Waals surface area (Å²) in [6.45, 7) is 7.33. The van der Waals surface area contributed by atoms with Crippen LogP contribution in [-0.4, -0.2) is 23.4 Å². The van der Waals surface area contributed by atoms with Crippen molar-refractivity contribution in [3.8, 4) is 5.75 Å². The van der Waals surface area contributed by atoms with Crippen LogP contribution in [0.5, 0.6) is 5.75 Å². The highest BCUT2D eigenvalue weighted by Gasteiger charge is 2.18. The van der Waals surface area contributed by atoms with Crippen molar-refractivity contribution in [3.63, 3.8) is 0 Å². The van der Waals surface area contributed by atoms with Crippen molar-refractivity contribution >= 4 is 11.3 Å². The van der Waals surface area contributed by atoms with Gasteiger partial charge in [0.05, 0.1) is 23.7 Å². The first-order valence-electron chi connectivity index (χ1n) is 7.04. The number of aromatic nitrogens is 2. The molecule has 4 nitrogen and oxygen atoms in total. The number of likely N-dealkylation sites (N-methyl/N-ethyl adjacent to an activating group) is 1. The van der Waals surface area contributed by atoms with E-state index in [0.717, 1.165) is 24.4 Å². The average Bonchev–Trinajstić information content (AvgIpc) is 3.06. The normalized spacial score (nSPS) is 12.8. The molecule has 110 valence electrons. The van der Waals surface area contributed by atoms with Crippen LogP contribution >= 0.6 is 11.3 Å². The van der Waals surface area contributed by atoms with Gasteiger partial charge >= 0.3 is 0 Å². The van der Waals surface area contributed by atoms with Crippen LogP contribution < -0.4 is 10.1 Å². The second-order valence-electron chi connectivity index (χ2n) is 5.05. The molecule has 2 rings (SSSR count). The molecule has 0 saturated heterocycles. The van der Waals surface area contributed by atoms with Gasteiger partial charge in [0.15, 0.2) is 0 Å². The molecule has 0 aromatic carbocycles. The highest BCUT2D eigenvalue weighted by Crippen LogP contribution is 2.32. The number of rotatable bonds is 7. The Bertz CT molecular complexity index is 533. The van der Waals surface area contributed by atoms with E-state index in [1.807, 2.05) is 10.7 Å². The lowest BCUT2D eigenvalue weighted by molar-refractivity contribution is 0.402. The van der Waals surface area contributed by atoms with Crippen LogP contribution in [0.2, 0.25) is 0 Å². The molecule has 5 heteroatoms. The van der Waals surface area contributed by atoms with Crippen LogP contribution in [0, 0.1) is 0 Å². The van der Waals surface area contributed by atoms with E-state index < -0.39 is 0 Å². The molecule has 0 aliphatic carbocycles. The molecule has 1 unspecified atom stereocenters. The SMILES string of the molecule is CCNC(Cc1ccn(C(C)C)n1)c1sccc1OC. The monoisotopic (exact) mass is 293 g/mol. The maximum Gasteiger partial charge on any atom is 0.134 e. The molecule has 20 heavy (non-hydrogen) atoms. The summed E-state index contributed by atoms with van der Waals surface area (Å²) in [7, 11) is 1.72. The van der Waals surface area contributed by atoms with E-state index in [1.54, 1.807) is 18.4 Å². The molecule has 0 saturated carbocycles. The van der Waals surface area contributed by atoms with E-state index in [0.29, 0.717) is 6.04 Å². The van der Waals surface area contributed by atoms with Crippen molar-refractivity contribution < 1.29 is 4.74 Å². The van der Waals surface area contributed by atoms with E-state index in [-0.39, 0.29) is 6.04 Å². The van der Waals surface area contributed by atoms with E-state index in [9.17, 15) is 0 Å². The topological polar surface area (TPSA) is 39.1 Å². The molecule has 1 N–H and O–H groups in total. The number of methoxy groups -OCH3 is 1. The van der Waals surface area contributed by atoms with Crippen LogP contribution in [-0.2, 0) is 6.42 Å². The van der Waals surface area contributed by atoms with E-state index >= 15 is 0 Å². The number of ether oxygens (including phenoxy) is 1. The van der Waals surface area contributed by atoms with Gasteiger partial charge in [0.1, 0.15) is 5.75 Å². The summed E-state index contributed by atoms with van der Waals surface area (Å²) in [6, 6.07) is 4.78. The molecule has 0 radical (unpaired) electrons. The third-order valence-electron chi connectivity index (χ3n) is 3.25. The summed E-state index contributed by atoms with van der Waals surface area (Å²) in [6.07, 6.45) is 2.93. The molecule has 0 amide bonds. The average molecular weight is 293 g/mol. The quantitative estimate of drug-likeness (QED) is 0.850. The second kappa shape index (κ2) is 6.90. The van der Waals surface area contributed by atoms with Gasteiger partial charge in [-0.15, -0.1) is 11.3 Å². The van der Waals surface area contributed by atoms with Gasteiger partial charge in [0.2, 0.25) is 0 Å². The third kappa shape index (κ3) is 3.41. The van der Waals surface area contributed by atoms with E-state index in [4.69, 9.17) is 4.74 Å². The van der Waals surface area contributed by atoms with Crippen molar-refractivity contribution in [1.29, 1.82) is 0 Å². The molecule has 1 atom stereocenters. The fourth-order valence-corrected chi connectivity index (χ4v) is 3.16. The van der Waals surface area contributed by atoms with Crippen molar-refractivity contribution in [3.05, 3.63) is 34.3 Å². The summed E-state index contributed by atoms with van der Waals surface area (Å²) in [5, 5.41) is 10.2. The lowest BCUT2D eigenvalue weighted by Crippen LogP contribution is -2.22. The molecule has 0 aliphatic rings. The van der Waals surface area contributed by atoms with Gasteiger partial charge in [-0.05, 0) is 37.9 Å². The Morgan fingerprint density at radius 1 is 1.40 bits per heavy atom. The van der Waals surface area contributed by atoms with Gasteiger partial charge < -0.3 is 10.1 Å². The highest BCUT2D eigenvalue weighted by atomic mass is 32.1. The Balaban J connectivity index is 2.16. The van der Waals surface area contributed by atoms with Crippen LogP contribution in [0.15, 0.2) is 23.7 Å². The number of nitrogens with one attached hydrogen (secondary N) is 1. The first-order valence-corrected chi connectivity index (χ1v) is 7.92. The Hall–Kier alpha value is -1.33. The standard InChI is InChI=1S/C15H23N3OS/c1-5-16-13(15-14(19-4)7-9-20-15)10-12-6-8-18(17-12)11(2)3/h6-9,11,13,16H,5,10H2,1-4H3. The van der Waals surface area contributed by atoms with Crippen LogP contribution in [0.4, 0.5) is 0 Å². The summed E-state index contributed by atoms with van der Waals surface area (Å²) in [4.78, 5) is 1.24.